The molecule has 0 aliphatic heterocycles. The van der Waals surface area contributed by atoms with Gasteiger partial charge in [-0.25, -0.2) is 0 Å². The molecule has 1 aliphatic carbocycles. The van der Waals surface area contributed by atoms with E-state index in [0.29, 0.717) is 0 Å². The number of hydrogen-bond donors (Lipinski definition) is 0. The summed E-state index contributed by atoms with van der Waals surface area (Å²) in [7, 11) is -0.999. The van der Waals surface area contributed by atoms with Gasteiger partial charge in [0.15, 0.2) is 0 Å². The maximum Gasteiger partial charge on any atom is 0.108 e. The minimum Gasteiger partial charge on any atom is -0.289 e. The van der Waals surface area contributed by atoms with Gasteiger partial charge in [-0.1, -0.05) is 50.0 Å². The second kappa shape index (κ2) is 6.75. The summed E-state index contributed by atoms with van der Waals surface area (Å²) in [6.45, 7) is 8.22. The van der Waals surface area contributed by atoms with Gasteiger partial charge in [0.2, 0.25) is 0 Å². The lowest BCUT2D eigenvalue weighted by molar-refractivity contribution is 0.679. The zero-order chi connectivity index (χ0) is 13.7. The largest absolute Gasteiger partial charge is 0.289 e. The second-order valence-corrected chi connectivity index (χ2v) is 15.8. The van der Waals surface area contributed by atoms with Crippen molar-refractivity contribution in [3.05, 3.63) is 35.9 Å². The van der Waals surface area contributed by atoms with Crippen molar-refractivity contribution in [2.75, 3.05) is 0 Å². The first-order valence-electron chi connectivity index (χ1n) is 7.27. The predicted molar refractivity (Wildman–Crippen MR) is 90.8 cm³/mol. The molecule has 1 atom stereocenters. The second-order valence-electron chi connectivity index (χ2n) is 6.32. The minimum absolute atomic E-state index is 0.829. The fourth-order valence-electron chi connectivity index (χ4n) is 2.53. The summed E-state index contributed by atoms with van der Waals surface area (Å²) in [6, 6.07) is 10.6. The van der Waals surface area contributed by atoms with Gasteiger partial charge in [0.25, 0.3) is 0 Å². The first-order chi connectivity index (χ1) is 9.03. The molecule has 1 saturated carbocycles. The van der Waals surface area contributed by atoms with Crippen LogP contribution in [0.15, 0.2) is 35.3 Å². The summed E-state index contributed by atoms with van der Waals surface area (Å²) in [5, 5.41) is 0.829. The highest BCUT2D eigenvalue weighted by Gasteiger charge is 2.24. The van der Waals surface area contributed by atoms with Crippen LogP contribution >= 0.6 is 11.2 Å². The maximum absolute atomic E-state index is 4.85. The summed E-state index contributed by atoms with van der Waals surface area (Å²) in [5.74, 6) is 0. The zero-order valence-electron chi connectivity index (χ0n) is 12.4. The molecule has 0 amide bonds. The van der Waals surface area contributed by atoms with E-state index in [1.165, 1.54) is 37.0 Å². The summed E-state index contributed by atoms with van der Waals surface area (Å²) in [5.41, 5.74) is 2.78. The van der Waals surface area contributed by atoms with E-state index in [0.717, 1.165) is 11.8 Å². The van der Waals surface area contributed by atoms with Crippen LogP contribution < -0.4 is 0 Å². The third-order valence-corrected chi connectivity index (χ3v) is 7.87. The molecule has 0 N–H and O–H groups in total. The molecule has 1 aromatic carbocycles. The molecule has 0 saturated heterocycles. The fourth-order valence-corrected chi connectivity index (χ4v) is 7.70. The zero-order valence-corrected chi connectivity index (χ0v) is 14.2. The van der Waals surface area contributed by atoms with Crippen molar-refractivity contribution in [1.29, 1.82) is 0 Å². The Morgan fingerprint density at radius 1 is 1.21 bits per heavy atom. The van der Waals surface area contributed by atoms with Crippen molar-refractivity contribution >= 4 is 24.1 Å². The van der Waals surface area contributed by atoms with Gasteiger partial charge in [-0.15, -0.1) is 0 Å². The van der Waals surface area contributed by atoms with Crippen molar-refractivity contribution in [3.8, 4) is 0 Å². The summed E-state index contributed by atoms with van der Waals surface area (Å²) in [4.78, 5) is 4.85. The number of rotatable bonds is 4. The van der Waals surface area contributed by atoms with Crippen LogP contribution in [0.5, 0.6) is 0 Å². The Morgan fingerprint density at radius 2 is 1.95 bits per heavy atom. The van der Waals surface area contributed by atoms with E-state index in [1.54, 1.807) is 0 Å². The van der Waals surface area contributed by atoms with Gasteiger partial charge in [0.1, 0.15) is 7.22 Å². The highest BCUT2D eigenvalue weighted by molar-refractivity contribution is 8.29. The van der Waals surface area contributed by atoms with Crippen molar-refractivity contribution in [2.45, 2.75) is 57.1 Å². The van der Waals surface area contributed by atoms with Crippen molar-refractivity contribution < 1.29 is 0 Å². The Balaban J connectivity index is 1.90. The molecule has 1 aromatic rings. The van der Waals surface area contributed by atoms with Gasteiger partial charge < -0.3 is 0 Å². The molecule has 19 heavy (non-hydrogen) atoms. The van der Waals surface area contributed by atoms with Crippen LogP contribution in [0.3, 0.4) is 0 Å². The Bertz CT molecular complexity index is 422. The third-order valence-electron chi connectivity index (χ3n) is 3.30. The monoisotopic (exact) mass is 291 g/mol. The average Bonchev–Trinajstić information content (AvgIpc) is 2.36. The highest BCUT2D eigenvalue weighted by atomic mass is 32.4. The minimum atomic E-state index is -0.999. The van der Waals surface area contributed by atoms with Crippen molar-refractivity contribution in [2.24, 2.45) is 4.99 Å². The van der Waals surface area contributed by atoms with Gasteiger partial charge in [-0.2, -0.15) is 11.2 Å². The lowest BCUT2D eigenvalue weighted by atomic mass is 9.98. The van der Waals surface area contributed by atoms with Crippen LogP contribution in [-0.2, 0) is 6.54 Å². The van der Waals surface area contributed by atoms with Crippen LogP contribution in [-0.4, -0.2) is 18.2 Å². The molecule has 0 bridgehead atoms. The van der Waals surface area contributed by atoms with Crippen LogP contribution in [0.1, 0.15) is 31.2 Å². The van der Waals surface area contributed by atoms with E-state index < -0.39 is 7.22 Å². The van der Waals surface area contributed by atoms with Gasteiger partial charge in [-0.3, -0.25) is 4.99 Å². The molecule has 0 heterocycles. The smallest absolute Gasteiger partial charge is 0.108 e. The van der Waals surface area contributed by atoms with Crippen molar-refractivity contribution in [3.63, 3.8) is 0 Å². The molecule has 0 aromatic heterocycles. The molecule has 1 aliphatic rings. The molecule has 2 rings (SSSR count). The number of nitrogens with zero attached hydrogens (tertiary/aromatic N) is 1. The maximum atomic E-state index is 4.85. The molecule has 0 radical (unpaired) electrons. The summed E-state index contributed by atoms with van der Waals surface area (Å²) < 4.78 is 0. The Labute approximate surface area is 122 Å². The predicted octanol–water partition coefficient (Wildman–Crippen LogP) is 5.14. The van der Waals surface area contributed by atoms with Crippen LogP contribution in [0, 0.1) is 0 Å². The Kier molecular flexibility index (Phi) is 5.28. The molecule has 3 heteroatoms. The fraction of sp³-hybridized carbons (Fsp3) is 0.562. The Hall–Kier alpha value is -0.543. The standard InChI is InChI=1S/C16H25NSSi/c1-19(2,3)18-16-11-7-10-15(12-16)17-13-14-8-5-4-6-9-14/h4-6,8-9,16H,7,10-13H2,1-3H3. The van der Waals surface area contributed by atoms with Gasteiger partial charge in [-0.05, 0) is 31.2 Å². The first-order valence-corrected chi connectivity index (χ1v) is 12.4. The van der Waals surface area contributed by atoms with E-state index in [9.17, 15) is 0 Å². The first kappa shape index (κ1) is 14.9. The normalized spacial score (nSPS) is 22.7. The van der Waals surface area contributed by atoms with Gasteiger partial charge >= 0.3 is 0 Å². The lowest BCUT2D eigenvalue weighted by Crippen LogP contribution is -2.25. The van der Waals surface area contributed by atoms with Gasteiger partial charge in [0, 0.05) is 11.0 Å². The van der Waals surface area contributed by atoms with Crippen LogP contribution in [0.4, 0.5) is 0 Å². The number of benzene rings is 1. The highest BCUT2D eigenvalue weighted by Crippen LogP contribution is 2.33. The molecule has 1 unspecified atom stereocenters. The lowest BCUT2D eigenvalue weighted by Gasteiger charge is -2.28. The number of hydrogen-bond acceptors (Lipinski definition) is 2. The molecule has 0 spiro atoms. The Morgan fingerprint density at radius 3 is 2.63 bits per heavy atom. The topological polar surface area (TPSA) is 12.4 Å². The SMILES string of the molecule is C[Si](C)(C)SC1CCCC(=NCc2ccccc2)C1. The van der Waals surface area contributed by atoms with Gasteiger partial charge in [0.05, 0.1) is 6.54 Å². The third kappa shape index (κ3) is 5.53. The van der Waals surface area contributed by atoms with E-state index in [1.807, 2.05) is 0 Å². The van der Waals surface area contributed by atoms with Crippen LogP contribution in [0.2, 0.25) is 19.6 Å². The van der Waals surface area contributed by atoms with Crippen molar-refractivity contribution in [1.82, 2.24) is 0 Å². The average molecular weight is 292 g/mol. The summed E-state index contributed by atoms with van der Waals surface area (Å²) in [6.07, 6.45) is 5.16. The van der Waals surface area contributed by atoms with E-state index in [-0.39, 0.29) is 0 Å². The molecule has 1 fully saturated rings. The molecular formula is C16H25NSSi. The molecular weight excluding hydrogens is 266 g/mol. The molecule has 104 valence electrons. The van der Waals surface area contributed by atoms with Crippen LogP contribution in [0.25, 0.3) is 0 Å². The summed E-state index contributed by atoms with van der Waals surface area (Å²) >= 11 is 2.26. The van der Waals surface area contributed by atoms with E-state index in [4.69, 9.17) is 4.99 Å². The quantitative estimate of drug-likeness (QED) is 0.700. The number of aliphatic imine (C=N–C) groups is 1. The van der Waals surface area contributed by atoms with E-state index in [2.05, 4.69) is 61.2 Å². The van der Waals surface area contributed by atoms with E-state index >= 15 is 0 Å². The molecule has 1 nitrogen and oxygen atoms in total.